The van der Waals surface area contributed by atoms with E-state index in [2.05, 4.69) is 34.3 Å². The molecule has 0 spiro atoms. The summed E-state index contributed by atoms with van der Waals surface area (Å²) in [5, 5.41) is 18.4. The van der Waals surface area contributed by atoms with Gasteiger partial charge in [0.05, 0.1) is 5.60 Å². The maximum Gasteiger partial charge on any atom is 0.0771 e. The molecular weight excluding hydrogens is 298 g/mol. The van der Waals surface area contributed by atoms with Gasteiger partial charge in [-0.05, 0) is 35.7 Å². The monoisotopic (exact) mass is 321 g/mol. The topological polar surface area (TPSA) is 32.3 Å². The second-order valence-electron chi connectivity index (χ2n) is 6.02. The van der Waals surface area contributed by atoms with E-state index in [4.69, 9.17) is 0 Å². The molecule has 0 bridgehead atoms. The van der Waals surface area contributed by atoms with Gasteiger partial charge >= 0.3 is 0 Å². The molecule has 0 aliphatic heterocycles. The molecule has 1 aliphatic carbocycles. The molecule has 0 radical (unpaired) electrons. The average Bonchev–Trinajstić information content (AvgIpc) is 3.10. The molecule has 3 rings (SSSR count). The fraction of sp³-hybridized carbons (Fsp3) is 0.529. The highest BCUT2D eigenvalue weighted by Crippen LogP contribution is 2.30. The molecule has 1 aliphatic rings. The maximum absolute atomic E-state index is 10.6. The van der Waals surface area contributed by atoms with Crippen LogP contribution in [0.2, 0.25) is 0 Å². The smallest absolute Gasteiger partial charge is 0.0771 e. The van der Waals surface area contributed by atoms with Crippen LogP contribution >= 0.6 is 22.7 Å². The highest BCUT2D eigenvalue weighted by atomic mass is 32.1. The van der Waals surface area contributed by atoms with Crippen LogP contribution in [0, 0.1) is 0 Å². The van der Waals surface area contributed by atoms with Gasteiger partial charge in [-0.2, -0.15) is 0 Å². The zero-order chi connectivity index (χ0) is 14.5. The summed E-state index contributed by atoms with van der Waals surface area (Å²) >= 11 is 3.58. The molecule has 1 fully saturated rings. The Hall–Kier alpha value is -0.680. The number of rotatable bonds is 5. The molecule has 114 valence electrons. The quantitative estimate of drug-likeness (QED) is 0.786. The molecule has 0 amide bonds. The van der Waals surface area contributed by atoms with E-state index in [-0.39, 0.29) is 0 Å². The molecule has 0 saturated heterocycles. The van der Waals surface area contributed by atoms with E-state index in [9.17, 15) is 5.11 Å². The molecule has 2 aromatic rings. The fourth-order valence-corrected chi connectivity index (χ4v) is 4.67. The van der Waals surface area contributed by atoms with E-state index in [1.165, 1.54) is 41.0 Å². The largest absolute Gasteiger partial charge is 0.389 e. The minimum atomic E-state index is -0.482. The molecule has 2 nitrogen and oxygen atoms in total. The summed E-state index contributed by atoms with van der Waals surface area (Å²) in [6.07, 6.45) is 6.78. The normalized spacial score (nSPS) is 18.5. The van der Waals surface area contributed by atoms with Crippen LogP contribution in [-0.2, 0) is 6.54 Å². The van der Waals surface area contributed by atoms with Crippen LogP contribution in [0.25, 0.3) is 10.4 Å². The first-order chi connectivity index (χ1) is 10.3. The van der Waals surface area contributed by atoms with Gasteiger partial charge in [-0.15, -0.1) is 22.7 Å². The number of aliphatic hydroxyl groups is 1. The summed E-state index contributed by atoms with van der Waals surface area (Å²) in [7, 11) is 0. The van der Waals surface area contributed by atoms with E-state index >= 15 is 0 Å². The van der Waals surface area contributed by atoms with Gasteiger partial charge in [0.25, 0.3) is 0 Å². The number of hydrogen-bond acceptors (Lipinski definition) is 4. The Kier molecular flexibility index (Phi) is 5.11. The summed E-state index contributed by atoms with van der Waals surface area (Å²) in [5.74, 6) is 0. The Labute approximate surface area is 134 Å². The molecule has 0 atom stereocenters. The first kappa shape index (κ1) is 15.2. The standard InChI is InChI=1S/C17H23NOS2/c19-17(7-3-1-2-4-8-17)13-18-11-15-10-14(12-21-15)16-6-5-9-20-16/h5-6,9-10,12,18-19H,1-4,7-8,11,13H2. The Morgan fingerprint density at radius 2 is 1.95 bits per heavy atom. The van der Waals surface area contributed by atoms with Crippen molar-refractivity contribution in [2.45, 2.75) is 50.7 Å². The lowest BCUT2D eigenvalue weighted by molar-refractivity contribution is 0.0251. The summed E-state index contributed by atoms with van der Waals surface area (Å²) in [5.41, 5.74) is 0.838. The minimum absolute atomic E-state index is 0.482. The number of hydrogen-bond donors (Lipinski definition) is 2. The second-order valence-corrected chi connectivity index (χ2v) is 7.96. The molecule has 1 saturated carbocycles. The highest BCUT2D eigenvalue weighted by Gasteiger charge is 2.27. The maximum atomic E-state index is 10.6. The van der Waals surface area contributed by atoms with Gasteiger partial charge in [-0.3, -0.25) is 0 Å². The lowest BCUT2D eigenvalue weighted by Gasteiger charge is -2.26. The summed E-state index contributed by atoms with van der Waals surface area (Å²) in [6.45, 7) is 1.58. The van der Waals surface area contributed by atoms with Crippen molar-refractivity contribution in [1.29, 1.82) is 0 Å². The van der Waals surface area contributed by atoms with E-state index in [1.807, 2.05) is 0 Å². The van der Waals surface area contributed by atoms with Crippen molar-refractivity contribution in [1.82, 2.24) is 5.32 Å². The van der Waals surface area contributed by atoms with Crippen molar-refractivity contribution < 1.29 is 5.11 Å². The zero-order valence-corrected chi connectivity index (χ0v) is 13.9. The van der Waals surface area contributed by atoms with Gasteiger partial charge in [0.2, 0.25) is 0 Å². The first-order valence-corrected chi connectivity index (χ1v) is 9.56. The SMILES string of the molecule is OC1(CNCc2cc(-c3cccs3)cs2)CCCCCC1. The predicted molar refractivity (Wildman–Crippen MR) is 92.0 cm³/mol. The van der Waals surface area contributed by atoms with Crippen LogP contribution < -0.4 is 5.32 Å². The third kappa shape index (κ3) is 4.16. The number of nitrogens with one attached hydrogen (secondary N) is 1. The summed E-state index contributed by atoms with van der Waals surface area (Å²) < 4.78 is 0. The van der Waals surface area contributed by atoms with Crippen molar-refractivity contribution in [2.24, 2.45) is 0 Å². The predicted octanol–water partition coefficient (Wildman–Crippen LogP) is 4.65. The average molecular weight is 322 g/mol. The van der Waals surface area contributed by atoms with E-state index in [0.29, 0.717) is 0 Å². The van der Waals surface area contributed by atoms with Crippen molar-refractivity contribution in [3.63, 3.8) is 0 Å². The van der Waals surface area contributed by atoms with Crippen molar-refractivity contribution >= 4 is 22.7 Å². The fourth-order valence-electron chi connectivity index (χ4n) is 3.03. The van der Waals surface area contributed by atoms with Gasteiger partial charge in [-0.25, -0.2) is 0 Å². The highest BCUT2D eigenvalue weighted by molar-refractivity contribution is 7.14. The second kappa shape index (κ2) is 7.05. The van der Waals surface area contributed by atoms with Gasteiger partial charge in [0.1, 0.15) is 0 Å². The number of thiophene rings is 2. The minimum Gasteiger partial charge on any atom is -0.389 e. The lowest BCUT2D eigenvalue weighted by atomic mass is 9.94. The van der Waals surface area contributed by atoms with Crippen LogP contribution in [0.3, 0.4) is 0 Å². The zero-order valence-electron chi connectivity index (χ0n) is 12.3. The van der Waals surface area contributed by atoms with E-state index in [0.717, 1.165) is 25.9 Å². The van der Waals surface area contributed by atoms with E-state index < -0.39 is 5.60 Å². The van der Waals surface area contributed by atoms with Crippen LogP contribution in [0.5, 0.6) is 0 Å². The van der Waals surface area contributed by atoms with Crippen molar-refractivity contribution in [3.8, 4) is 10.4 Å². The summed E-state index contributed by atoms with van der Waals surface area (Å²) in [4.78, 5) is 2.68. The molecular formula is C17H23NOS2. The molecule has 4 heteroatoms. The molecule has 0 unspecified atom stereocenters. The van der Waals surface area contributed by atoms with Gasteiger partial charge < -0.3 is 10.4 Å². The molecule has 21 heavy (non-hydrogen) atoms. The van der Waals surface area contributed by atoms with Gasteiger partial charge in [0.15, 0.2) is 0 Å². The van der Waals surface area contributed by atoms with E-state index in [1.54, 1.807) is 22.7 Å². The summed E-state index contributed by atoms with van der Waals surface area (Å²) in [6, 6.07) is 6.52. The Morgan fingerprint density at radius 1 is 1.14 bits per heavy atom. The Morgan fingerprint density at radius 3 is 2.67 bits per heavy atom. The lowest BCUT2D eigenvalue weighted by Crippen LogP contribution is -2.39. The van der Waals surface area contributed by atoms with Crippen LogP contribution in [-0.4, -0.2) is 17.3 Å². The van der Waals surface area contributed by atoms with Crippen molar-refractivity contribution in [3.05, 3.63) is 33.8 Å². The van der Waals surface area contributed by atoms with Gasteiger partial charge in [-0.1, -0.05) is 31.7 Å². The van der Waals surface area contributed by atoms with Crippen LogP contribution in [0.15, 0.2) is 29.0 Å². The van der Waals surface area contributed by atoms with Crippen LogP contribution in [0.4, 0.5) is 0 Å². The Bertz CT molecular complexity index is 539. The first-order valence-electron chi connectivity index (χ1n) is 7.80. The molecule has 0 aromatic carbocycles. The van der Waals surface area contributed by atoms with Crippen molar-refractivity contribution in [2.75, 3.05) is 6.54 Å². The molecule has 2 heterocycles. The third-order valence-electron chi connectivity index (χ3n) is 4.25. The van der Waals surface area contributed by atoms with Gasteiger partial charge in [0, 0.05) is 28.4 Å². The molecule has 2 N–H and O–H groups in total. The Balaban J connectivity index is 1.51. The molecule has 2 aromatic heterocycles. The van der Waals surface area contributed by atoms with Crippen LogP contribution in [0.1, 0.15) is 43.4 Å². The third-order valence-corrected chi connectivity index (χ3v) is 6.10.